The number of nitrogens with one attached hydrogen (secondary N) is 1. The monoisotopic (exact) mass is 457 g/mol. The van der Waals surface area contributed by atoms with Gasteiger partial charge in [-0.3, -0.25) is 9.79 Å². The maximum Gasteiger partial charge on any atom is 0.244 e. The minimum atomic E-state index is -3.91. The first-order valence-corrected chi connectivity index (χ1v) is 12.8. The first-order valence-electron chi connectivity index (χ1n) is 10.3. The quantitative estimate of drug-likeness (QED) is 0.767. The largest absolute Gasteiger partial charge is 0.304 e. The summed E-state index contributed by atoms with van der Waals surface area (Å²) in [5, 5.41) is 3.42. The predicted octanol–water partition coefficient (Wildman–Crippen LogP) is 3.25. The molecular formula is C23H27N3O3S2. The Morgan fingerprint density at radius 2 is 1.74 bits per heavy atom. The number of fused-ring (bicyclic) bond motifs is 1. The first-order chi connectivity index (χ1) is 14.7. The molecule has 8 heteroatoms. The standard InChI is InChI=1S/C23H27N3O3S2/c1-14-11-15(2)17(4)21(16(14)3)31(28,29)26-13-19-8-6-5-7-18(19)12-20(26)22(27)25-23-24-9-10-30-23/h5-8,11,20H,9-10,12-13H2,1-4H3,(H,24,25,27)/t20-/m0/s1. The van der Waals surface area contributed by atoms with Crippen molar-refractivity contribution in [1.82, 2.24) is 9.62 Å². The molecule has 0 fully saturated rings. The van der Waals surface area contributed by atoms with Gasteiger partial charge in [0, 0.05) is 12.3 Å². The molecule has 1 N–H and O–H groups in total. The molecule has 4 rings (SSSR count). The fourth-order valence-electron chi connectivity index (χ4n) is 4.26. The van der Waals surface area contributed by atoms with Crippen molar-refractivity contribution in [1.29, 1.82) is 0 Å². The van der Waals surface area contributed by atoms with Crippen LogP contribution in [0.5, 0.6) is 0 Å². The van der Waals surface area contributed by atoms with Crippen LogP contribution in [0.1, 0.15) is 33.4 Å². The van der Waals surface area contributed by atoms with E-state index in [1.54, 1.807) is 0 Å². The molecular weight excluding hydrogens is 430 g/mol. The number of nitrogens with zero attached hydrogens (tertiary/aromatic N) is 2. The number of benzene rings is 2. The molecule has 0 saturated heterocycles. The Balaban J connectivity index is 1.80. The molecule has 0 spiro atoms. The van der Waals surface area contributed by atoms with Crippen LogP contribution >= 0.6 is 11.8 Å². The average molecular weight is 458 g/mol. The van der Waals surface area contributed by atoms with E-state index < -0.39 is 16.1 Å². The fraction of sp³-hybridized carbons (Fsp3) is 0.391. The van der Waals surface area contributed by atoms with Crippen LogP contribution in [0.25, 0.3) is 0 Å². The smallest absolute Gasteiger partial charge is 0.244 e. The lowest BCUT2D eigenvalue weighted by Crippen LogP contribution is -2.53. The van der Waals surface area contributed by atoms with E-state index in [9.17, 15) is 13.2 Å². The molecule has 2 aromatic carbocycles. The van der Waals surface area contributed by atoms with Crippen LogP contribution in [0, 0.1) is 27.7 Å². The second kappa shape index (κ2) is 8.41. The summed E-state index contributed by atoms with van der Waals surface area (Å²) in [7, 11) is -3.91. The predicted molar refractivity (Wildman–Crippen MR) is 125 cm³/mol. The highest BCUT2D eigenvalue weighted by Crippen LogP contribution is 2.34. The molecule has 0 aliphatic carbocycles. The van der Waals surface area contributed by atoms with E-state index in [2.05, 4.69) is 10.3 Å². The van der Waals surface area contributed by atoms with E-state index in [-0.39, 0.29) is 12.5 Å². The fourth-order valence-corrected chi connectivity index (χ4v) is 7.14. The van der Waals surface area contributed by atoms with Gasteiger partial charge in [0.15, 0.2) is 5.17 Å². The number of amides is 1. The van der Waals surface area contributed by atoms with Crippen molar-refractivity contribution in [2.45, 2.75) is 51.6 Å². The van der Waals surface area contributed by atoms with E-state index in [4.69, 9.17) is 0 Å². The molecule has 1 amide bonds. The average Bonchev–Trinajstić information content (AvgIpc) is 3.24. The number of aryl methyl sites for hydroxylation is 2. The second-order valence-electron chi connectivity index (χ2n) is 8.15. The molecule has 2 aromatic rings. The van der Waals surface area contributed by atoms with Crippen molar-refractivity contribution in [3.05, 3.63) is 63.7 Å². The summed E-state index contributed by atoms with van der Waals surface area (Å²) >= 11 is 1.48. The molecule has 0 radical (unpaired) electrons. The molecule has 0 bridgehead atoms. The van der Waals surface area contributed by atoms with Crippen LogP contribution in [-0.4, -0.2) is 42.1 Å². The molecule has 2 heterocycles. The van der Waals surface area contributed by atoms with Crippen molar-refractivity contribution >= 4 is 32.9 Å². The van der Waals surface area contributed by atoms with Gasteiger partial charge >= 0.3 is 0 Å². The summed E-state index contributed by atoms with van der Waals surface area (Å²) in [4.78, 5) is 17.9. The first kappa shape index (κ1) is 22.0. The summed E-state index contributed by atoms with van der Waals surface area (Å²) in [6.07, 6.45) is 0.335. The van der Waals surface area contributed by atoms with Gasteiger partial charge in [-0.15, -0.1) is 0 Å². The third-order valence-corrected chi connectivity index (χ3v) is 9.21. The van der Waals surface area contributed by atoms with Crippen LogP contribution in [0.2, 0.25) is 0 Å². The minimum absolute atomic E-state index is 0.169. The van der Waals surface area contributed by atoms with Gasteiger partial charge in [0.2, 0.25) is 15.9 Å². The van der Waals surface area contributed by atoms with Crippen molar-refractivity contribution in [2.24, 2.45) is 4.99 Å². The number of amidine groups is 1. The summed E-state index contributed by atoms with van der Waals surface area (Å²) < 4.78 is 29.4. The Hall–Kier alpha value is -2.16. The van der Waals surface area contributed by atoms with Gasteiger partial charge in [0.05, 0.1) is 11.4 Å². The number of aliphatic imine (C=N–C) groups is 1. The number of rotatable bonds is 3. The van der Waals surface area contributed by atoms with E-state index in [1.165, 1.54) is 16.1 Å². The van der Waals surface area contributed by atoms with Crippen molar-refractivity contribution in [2.75, 3.05) is 12.3 Å². The van der Waals surface area contributed by atoms with E-state index in [0.717, 1.165) is 39.1 Å². The molecule has 2 aliphatic heterocycles. The summed E-state index contributed by atoms with van der Waals surface area (Å²) in [5.74, 6) is 0.498. The molecule has 6 nitrogen and oxygen atoms in total. The zero-order valence-corrected chi connectivity index (χ0v) is 19.9. The summed E-state index contributed by atoms with van der Waals surface area (Å²) in [6.45, 7) is 8.35. The maximum atomic E-state index is 14.0. The van der Waals surface area contributed by atoms with Crippen LogP contribution < -0.4 is 5.32 Å². The highest BCUT2D eigenvalue weighted by molar-refractivity contribution is 8.14. The normalized spacial score (nSPS) is 19.1. The number of thioether (sulfide) groups is 1. The van der Waals surface area contributed by atoms with Crippen molar-refractivity contribution in [3.8, 4) is 0 Å². The van der Waals surface area contributed by atoms with Crippen LogP contribution in [0.15, 0.2) is 40.2 Å². The molecule has 2 aliphatic rings. The zero-order chi connectivity index (χ0) is 22.3. The molecule has 0 unspecified atom stereocenters. The van der Waals surface area contributed by atoms with Gasteiger partial charge < -0.3 is 5.32 Å². The zero-order valence-electron chi connectivity index (χ0n) is 18.2. The lowest BCUT2D eigenvalue weighted by atomic mass is 9.95. The number of hydrogen-bond acceptors (Lipinski definition) is 5. The minimum Gasteiger partial charge on any atom is -0.304 e. The Morgan fingerprint density at radius 1 is 1.10 bits per heavy atom. The van der Waals surface area contributed by atoms with Crippen molar-refractivity contribution in [3.63, 3.8) is 0 Å². The molecule has 1 atom stereocenters. The van der Waals surface area contributed by atoms with Crippen LogP contribution in [-0.2, 0) is 27.8 Å². The van der Waals surface area contributed by atoms with Gasteiger partial charge in [-0.2, -0.15) is 4.31 Å². The number of carbonyl (C=O) groups excluding carboxylic acids is 1. The summed E-state index contributed by atoms with van der Waals surface area (Å²) in [6, 6.07) is 8.91. The highest BCUT2D eigenvalue weighted by Gasteiger charge is 2.41. The molecule has 31 heavy (non-hydrogen) atoms. The summed E-state index contributed by atoms with van der Waals surface area (Å²) in [5.41, 5.74) is 5.26. The molecule has 0 aromatic heterocycles. The Kier molecular flexibility index (Phi) is 5.98. The SMILES string of the molecule is Cc1cc(C)c(C)c(S(=O)(=O)N2Cc3ccccc3C[C@H]2C(=O)NC2=NCCS2)c1C. The van der Waals surface area contributed by atoms with E-state index >= 15 is 0 Å². The van der Waals surface area contributed by atoms with Crippen LogP contribution in [0.4, 0.5) is 0 Å². The Morgan fingerprint density at radius 3 is 2.35 bits per heavy atom. The maximum absolute atomic E-state index is 14.0. The number of sulfonamides is 1. The highest BCUT2D eigenvalue weighted by atomic mass is 32.2. The Bertz CT molecular complexity index is 1160. The van der Waals surface area contributed by atoms with Crippen LogP contribution in [0.3, 0.4) is 0 Å². The van der Waals surface area contributed by atoms with E-state index in [1.807, 2.05) is 58.0 Å². The number of carbonyl (C=O) groups is 1. The third-order valence-electron chi connectivity index (χ3n) is 6.19. The van der Waals surface area contributed by atoms with Gasteiger partial charge in [0.25, 0.3) is 0 Å². The van der Waals surface area contributed by atoms with Crippen molar-refractivity contribution < 1.29 is 13.2 Å². The van der Waals surface area contributed by atoms with E-state index in [0.29, 0.717) is 23.0 Å². The van der Waals surface area contributed by atoms with Gasteiger partial charge in [0.1, 0.15) is 6.04 Å². The Labute approximate surface area is 188 Å². The van der Waals surface area contributed by atoms with Gasteiger partial charge in [-0.1, -0.05) is 42.1 Å². The van der Waals surface area contributed by atoms with Gasteiger partial charge in [-0.25, -0.2) is 8.42 Å². The third kappa shape index (κ3) is 4.04. The lowest BCUT2D eigenvalue weighted by molar-refractivity contribution is -0.123. The second-order valence-corrected chi connectivity index (χ2v) is 11.1. The lowest BCUT2D eigenvalue weighted by Gasteiger charge is -2.36. The molecule has 0 saturated carbocycles. The van der Waals surface area contributed by atoms with Gasteiger partial charge in [-0.05, 0) is 67.5 Å². The molecule has 164 valence electrons. The number of hydrogen-bond donors (Lipinski definition) is 1. The topological polar surface area (TPSA) is 78.8 Å².